The fraction of sp³-hybridized carbons (Fsp3) is 0.0667. The molecule has 0 spiro atoms. The van der Waals surface area contributed by atoms with Gasteiger partial charge >= 0.3 is 0 Å². The van der Waals surface area contributed by atoms with E-state index in [0.29, 0.717) is 16.1 Å². The van der Waals surface area contributed by atoms with E-state index in [1.165, 1.54) is 25.0 Å². The van der Waals surface area contributed by atoms with Crippen molar-refractivity contribution in [2.45, 2.75) is 5.67 Å². The van der Waals surface area contributed by atoms with Crippen LogP contribution in [0.2, 0.25) is 5.02 Å². The third kappa shape index (κ3) is 2.08. The molecule has 0 aliphatic heterocycles. The van der Waals surface area contributed by atoms with Crippen molar-refractivity contribution in [2.24, 2.45) is 0 Å². The standard InChI is InChI=1S/C15H10ClFN2O/c16-13-5-3-11(4-6-13)15(17,14-2-1-7-20-14)12-8-18-10-19-9-12/h1-10H. The maximum absolute atomic E-state index is 15.7. The second kappa shape index (κ2) is 5.06. The summed E-state index contributed by atoms with van der Waals surface area (Å²) in [7, 11) is 0. The molecule has 0 saturated carbocycles. The van der Waals surface area contributed by atoms with Crippen molar-refractivity contribution in [1.82, 2.24) is 9.97 Å². The lowest BCUT2D eigenvalue weighted by Crippen LogP contribution is -2.23. The molecule has 100 valence electrons. The van der Waals surface area contributed by atoms with Crippen molar-refractivity contribution in [3.63, 3.8) is 0 Å². The lowest BCUT2D eigenvalue weighted by atomic mass is 9.87. The minimum Gasteiger partial charge on any atom is -0.465 e. The lowest BCUT2D eigenvalue weighted by Gasteiger charge is -2.23. The van der Waals surface area contributed by atoms with Gasteiger partial charge in [-0.1, -0.05) is 23.7 Å². The molecule has 0 radical (unpaired) electrons. The Hall–Kier alpha value is -2.20. The van der Waals surface area contributed by atoms with Crippen LogP contribution < -0.4 is 0 Å². The molecule has 0 N–H and O–H groups in total. The van der Waals surface area contributed by atoms with Gasteiger partial charge in [-0.2, -0.15) is 0 Å². The van der Waals surface area contributed by atoms with Crippen LogP contribution in [0.3, 0.4) is 0 Å². The van der Waals surface area contributed by atoms with Crippen LogP contribution in [-0.2, 0) is 5.67 Å². The Kier molecular flexibility index (Phi) is 3.24. The zero-order chi connectivity index (χ0) is 14.0. The molecule has 2 heterocycles. The van der Waals surface area contributed by atoms with E-state index in [0.717, 1.165) is 0 Å². The van der Waals surface area contributed by atoms with Crippen molar-refractivity contribution < 1.29 is 8.81 Å². The van der Waals surface area contributed by atoms with Crippen molar-refractivity contribution >= 4 is 11.6 Å². The second-order valence-electron chi connectivity index (χ2n) is 4.27. The molecule has 2 aromatic heterocycles. The number of halogens is 2. The molecule has 0 fully saturated rings. The third-order valence-electron chi connectivity index (χ3n) is 3.06. The molecule has 0 aliphatic carbocycles. The van der Waals surface area contributed by atoms with Crippen molar-refractivity contribution in [3.8, 4) is 0 Å². The topological polar surface area (TPSA) is 38.9 Å². The van der Waals surface area contributed by atoms with Crippen LogP contribution in [0, 0.1) is 0 Å². The molecule has 0 saturated heterocycles. The summed E-state index contributed by atoms with van der Waals surface area (Å²) in [6.45, 7) is 0. The normalized spacial score (nSPS) is 13.9. The highest BCUT2D eigenvalue weighted by Crippen LogP contribution is 2.40. The predicted molar refractivity (Wildman–Crippen MR) is 73.2 cm³/mol. The Morgan fingerprint density at radius 3 is 2.30 bits per heavy atom. The van der Waals surface area contributed by atoms with E-state index in [1.807, 2.05) is 0 Å². The number of aromatic nitrogens is 2. The highest BCUT2D eigenvalue weighted by molar-refractivity contribution is 6.30. The van der Waals surface area contributed by atoms with Crippen LogP contribution in [-0.4, -0.2) is 9.97 Å². The van der Waals surface area contributed by atoms with Crippen molar-refractivity contribution in [3.05, 3.63) is 83.3 Å². The minimum absolute atomic E-state index is 0.176. The average Bonchev–Trinajstić information content (AvgIpc) is 3.03. The number of nitrogens with zero attached hydrogens (tertiary/aromatic N) is 2. The van der Waals surface area contributed by atoms with Gasteiger partial charge < -0.3 is 4.42 Å². The van der Waals surface area contributed by atoms with E-state index in [1.54, 1.807) is 36.4 Å². The number of hydrogen-bond acceptors (Lipinski definition) is 3. The largest absolute Gasteiger partial charge is 0.465 e. The summed E-state index contributed by atoms with van der Waals surface area (Å²) in [6.07, 6.45) is 5.66. The Morgan fingerprint density at radius 2 is 1.70 bits per heavy atom. The summed E-state index contributed by atoms with van der Waals surface area (Å²) >= 11 is 5.86. The molecule has 0 amide bonds. The molecule has 20 heavy (non-hydrogen) atoms. The van der Waals surface area contributed by atoms with E-state index in [9.17, 15) is 0 Å². The Labute approximate surface area is 120 Å². The summed E-state index contributed by atoms with van der Waals surface area (Å²) < 4.78 is 21.0. The van der Waals surface area contributed by atoms with Crippen LogP contribution in [0.4, 0.5) is 4.39 Å². The fourth-order valence-electron chi connectivity index (χ4n) is 2.08. The van der Waals surface area contributed by atoms with Gasteiger partial charge in [-0.3, -0.25) is 0 Å². The van der Waals surface area contributed by atoms with Crippen molar-refractivity contribution in [1.29, 1.82) is 0 Å². The molecule has 3 aromatic rings. The summed E-state index contributed by atoms with van der Waals surface area (Å²) in [4.78, 5) is 7.77. The molecule has 0 bridgehead atoms. The molecule has 1 aromatic carbocycles. The summed E-state index contributed by atoms with van der Waals surface area (Å²) in [6, 6.07) is 9.75. The summed E-state index contributed by atoms with van der Waals surface area (Å²) in [5, 5.41) is 0.542. The highest BCUT2D eigenvalue weighted by atomic mass is 35.5. The lowest BCUT2D eigenvalue weighted by molar-refractivity contribution is 0.230. The highest BCUT2D eigenvalue weighted by Gasteiger charge is 2.39. The van der Waals surface area contributed by atoms with Gasteiger partial charge in [-0.15, -0.1) is 0 Å². The van der Waals surface area contributed by atoms with Gasteiger partial charge in [0, 0.05) is 28.5 Å². The van der Waals surface area contributed by atoms with Gasteiger partial charge in [0.1, 0.15) is 12.1 Å². The van der Waals surface area contributed by atoms with E-state index < -0.39 is 5.67 Å². The molecule has 5 heteroatoms. The second-order valence-corrected chi connectivity index (χ2v) is 4.71. The zero-order valence-electron chi connectivity index (χ0n) is 10.3. The van der Waals surface area contributed by atoms with Crippen molar-refractivity contribution in [2.75, 3.05) is 0 Å². The van der Waals surface area contributed by atoms with Crippen LogP contribution >= 0.6 is 11.6 Å². The molecule has 3 nitrogen and oxygen atoms in total. The minimum atomic E-state index is -1.95. The van der Waals surface area contributed by atoms with Crippen LogP contribution in [0.15, 0.2) is 65.8 Å². The van der Waals surface area contributed by atoms with Crippen LogP contribution in [0.25, 0.3) is 0 Å². The van der Waals surface area contributed by atoms with Gasteiger partial charge in [0.25, 0.3) is 0 Å². The van der Waals surface area contributed by atoms with E-state index in [4.69, 9.17) is 16.0 Å². The van der Waals surface area contributed by atoms with E-state index in [2.05, 4.69) is 9.97 Å². The smallest absolute Gasteiger partial charge is 0.221 e. The number of hydrogen-bond donors (Lipinski definition) is 0. The maximum Gasteiger partial charge on any atom is 0.221 e. The monoisotopic (exact) mass is 288 g/mol. The summed E-state index contributed by atoms with van der Waals surface area (Å²) in [5.41, 5.74) is -1.24. The Morgan fingerprint density at radius 1 is 1.00 bits per heavy atom. The van der Waals surface area contributed by atoms with Crippen LogP contribution in [0.1, 0.15) is 16.9 Å². The van der Waals surface area contributed by atoms with Gasteiger partial charge in [0.05, 0.1) is 6.26 Å². The molecule has 0 aliphatic rings. The summed E-state index contributed by atoms with van der Waals surface area (Å²) in [5.74, 6) is 0.176. The third-order valence-corrected chi connectivity index (χ3v) is 3.31. The maximum atomic E-state index is 15.7. The average molecular weight is 289 g/mol. The van der Waals surface area contributed by atoms with E-state index in [-0.39, 0.29) is 5.76 Å². The van der Waals surface area contributed by atoms with Gasteiger partial charge in [-0.25, -0.2) is 14.4 Å². The zero-order valence-corrected chi connectivity index (χ0v) is 11.1. The number of rotatable bonds is 3. The predicted octanol–water partition coefficient (Wildman–Crippen LogP) is 3.98. The first-order valence-corrected chi connectivity index (χ1v) is 6.33. The first-order chi connectivity index (χ1) is 9.71. The van der Waals surface area contributed by atoms with Gasteiger partial charge in [0.2, 0.25) is 5.67 Å². The Balaban J connectivity index is 2.21. The first kappa shape index (κ1) is 12.8. The number of benzene rings is 1. The number of furan rings is 1. The van der Waals surface area contributed by atoms with Crippen LogP contribution in [0.5, 0.6) is 0 Å². The quantitative estimate of drug-likeness (QED) is 0.731. The van der Waals surface area contributed by atoms with Gasteiger partial charge in [-0.05, 0) is 24.3 Å². The molecular formula is C15H10ClFN2O. The molecule has 1 atom stereocenters. The molecule has 1 unspecified atom stereocenters. The number of alkyl halides is 1. The SMILES string of the molecule is FC(c1ccc(Cl)cc1)(c1cncnc1)c1ccco1. The van der Waals surface area contributed by atoms with E-state index >= 15 is 4.39 Å². The molecule has 3 rings (SSSR count). The Bertz CT molecular complexity index is 686. The fourth-order valence-corrected chi connectivity index (χ4v) is 2.21. The van der Waals surface area contributed by atoms with Gasteiger partial charge in [0.15, 0.2) is 0 Å². The first-order valence-electron chi connectivity index (χ1n) is 5.95. The molecular weight excluding hydrogens is 279 g/mol.